The number of rotatable bonds is 3. The summed E-state index contributed by atoms with van der Waals surface area (Å²) in [5.41, 5.74) is -0.634. The van der Waals surface area contributed by atoms with E-state index >= 15 is 0 Å². The van der Waals surface area contributed by atoms with Crippen molar-refractivity contribution in [3.8, 4) is 23.5 Å². The molecule has 1 aliphatic heterocycles. The number of likely N-dealkylation sites (tertiary alicyclic amines) is 1. The highest BCUT2D eigenvalue weighted by Crippen LogP contribution is 2.27. The summed E-state index contributed by atoms with van der Waals surface area (Å²) in [7, 11) is 0. The molecule has 1 N–H and O–H groups in total. The first-order chi connectivity index (χ1) is 12.0. The highest BCUT2D eigenvalue weighted by Gasteiger charge is 2.43. The van der Waals surface area contributed by atoms with Crippen LogP contribution in [0.1, 0.15) is 18.4 Å². The maximum absolute atomic E-state index is 14.8. The van der Waals surface area contributed by atoms with Crippen LogP contribution in [0.3, 0.4) is 0 Å². The van der Waals surface area contributed by atoms with Crippen LogP contribution in [0.2, 0.25) is 0 Å². The predicted molar refractivity (Wildman–Crippen MR) is 85.5 cm³/mol. The molecular weight excluding hydrogens is 325 g/mol. The molecule has 0 saturated carbocycles. The number of carbonyl (C=O) groups is 1. The highest BCUT2D eigenvalue weighted by atomic mass is 19.1. The number of piperidine rings is 1. The van der Waals surface area contributed by atoms with Gasteiger partial charge in [-0.1, -0.05) is 12.1 Å². The minimum Gasteiger partial charge on any atom is -0.431 e. The van der Waals surface area contributed by atoms with Gasteiger partial charge in [-0.05, 0) is 25.0 Å². The number of aromatic nitrogens is 1. The van der Waals surface area contributed by atoms with Crippen molar-refractivity contribution in [2.24, 2.45) is 0 Å². The van der Waals surface area contributed by atoms with Crippen molar-refractivity contribution < 1.29 is 13.6 Å². The van der Waals surface area contributed by atoms with Gasteiger partial charge in [-0.15, -0.1) is 0 Å². The molecule has 3 rings (SSSR count). The quantitative estimate of drug-likeness (QED) is 0.861. The number of hydrogen-bond donors (Lipinski definition) is 1. The molecule has 0 spiro atoms. The smallest absolute Gasteiger partial charge is 0.301 e. The summed E-state index contributed by atoms with van der Waals surface area (Å²) in [6.07, 6.45) is 3.63. The third kappa shape index (κ3) is 3.43. The second-order valence-corrected chi connectivity index (χ2v) is 5.78. The molecule has 1 aliphatic rings. The molecule has 1 saturated heterocycles. The molecular formula is C17H14FN5O2. The minimum absolute atomic E-state index is 0.0365. The molecule has 0 aliphatic carbocycles. The van der Waals surface area contributed by atoms with E-state index in [4.69, 9.17) is 14.9 Å². The zero-order valence-corrected chi connectivity index (χ0v) is 13.2. The third-order valence-electron chi connectivity index (χ3n) is 4.00. The molecule has 0 unspecified atom stereocenters. The highest BCUT2D eigenvalue weighted by molar-refractivity contribution is 5.96. The maximum atomic E-state index is 14.8. The molecule has 0 radical (unpaired) electrons. The first-order valence-corrected chi connectivity index (χ1v) is 7.65. The first kappa shape index (κ1) is 16.5. The van der Waals surface area contributed by atoms with Crippen LogP contribution in [0.15, 0.2) is 34.9 Å². The van der Waals surface area contributed by atoms with Gasteiger partial charge in [0.15, 0.2) is 6.19 Å². The van der Waals surface area contributed by atoms with Crippen LogP contribution in [0.25, 0.3) is 11.3 Å². The van der Waals surface area contributed by atoms with Gasteiger partial charge in [-0.3, -0.25) is 10.1 Å². The van der Waals surface area contributed by atoms with Gasteiger partial charge in [0.2, 0.25) is 5.67 Å². The van der Waals surface area contributed by atoms with E-state index in [0.29, 0.717) is 29.8 Å². The van der Waals surface area contributed by atoms with Crippen molar-refractivity contribution in [3.05, 3.63) is 36.1 Å². The van der Waals surface area contributed by atoms with Crippen LogP contribution in [-0.4, -0.2) is 34.5 Å². The van der Waals surface area contributed by atoms with E-state index in [2.05, 4.69) is 10.3 Å². The normalized spacial score (nSPS) is 19.7. The van der Waals surface area contributed by atoms with Gasteiger partial charge in [-0.25, -0.2) is 4.39 Å². The molecule has 7 nitrogen and oxygen atoms in total. The van der Waals surface area contributed by atoms with Gasteiger partial charge in [0, 0.05) is 12.1 Å². The van der Waals surface area contributed by atoms with Crippen molar-refractivity contribution >= 4 is 11.9 Å². The predicted octanol–water partition coefficient (Wildman–Crippen LogP) is 2.44. The Labute approximate surface area is 143 Å². The van der Waals surface area contributed by atoms with Gasteiger partial charge in [-0.2, -0.15) is 15.5 Å². The lowest BCUT2D eigenvalue weighted by atomic mass is 9.94. The van der Waals surface area contributed by atoms with Crippen molar-refractivity contribution in [1.29, 1.82) is 10.5 Å². The molecule has 1 fully saturated rings. The zero-order valence-electron chi connectivity index (χ0n) is 13.2. The summed E-state index contributed by atoms with van der Waals surface area (Å²) in [5.74, 6) is -0.883. The molecule has 1 atom stereocenters. The SMILES string of the molecule is N#Cc1cccc(-c2coc(NC(=O)[C@@]3(F)CCCN(C#N)C3)n2)c1. The van der Waals surface area contributed by atoms with E-state index in [9.17, 15) is 9.18 Å². The lowest BCUT2D eigenvalue weighted by Gasteiger charge is -2.32. The number of carbonyl (C=O) groups excluding carboxylic acids is 1. The van der Waals surface area contributed by atoms with Gasteiger partial charge in [0.25, 0.3) is 5.91 Å². The standard InChI is InChI=1S/C17H14FN5O2/c18-17(5-2-6-23(10-17)11-20)15(24)22-16-21-14(9-25-16)13-4-1-3-12(7-13)8-19/h1,3-4,7,9H,2,5-6,10H2,(H,21,22,24)/t17-/m1/s1. The van der Waals surface area contributed by atoms with E-state index in [1.807, 2.05) is 12.3 Å². The van der Waals surface area contributed by atoms with Gasteiger partial charge in [0.1, 0.15) is 12.0 Å². The Morgan fingerprint density at radius 2 is 2.28 bits per heavy atom. The Balaban J connectivity index is 1.74. The number of oxazole rings is 1. The fourth-order valence-electron chi connectivity index (χ4n) is 2.70. The lowest BCUT2D eigenvalue weighted by molar-refractivity contribution is -0.130. The number of hydrogen-bond acceptors (Lipinski definition) is 6. The molecule has 8 heteroatoms. The van der Waals surface area contributed by atoms with Crippen LogP contribution >= 0.6 is 0 Å². The van der Waals surface area contributed by atoms with Gasteiger partial charge >= 0.3 is 6.01 Å². The Bertz CT molecular complexity index is 882. The monoisotopic (exact) mass is 339 g/mol. The second-order valence-electron chi connectivity index (χ2n) is 5.78. The molecule has 0 bridgehead atoms. The van der Waals surface area contributed by atoms with Crippen molar-refractivity contribution in [1.82, 2.24) is 9.88 Å². The fourth-order valence-corrected chi connectivity index (χ4v) is 2.70. The van der Waals surface area contributed by atoms with Crippen molar-refractivity contribution in [2.45, 2.75) is 18.5 Å². The number of anilines is 1. The molecule has 2 aromatic rings. The molecule has 25 heavy (non-hydrogen) atoms. The van der Waals surface area contributed by atoms with Gasteiger partial charge in [0.05, 0.1) is 18.2 Å². The van der Waals surface area contributed by atoms with Gasteiger partial charge < -0.3 is 9.32 Å². The largest absolute Gasteiger partial charge is 0.431 e. The van der Waals surface area contributed by atoms with Crippen LogP contribution in [0.5, 0.6) is 0 Å². The maximum Gasteiger partial charge on any atom is 0.301 e. The molecule has 1 aromatic carbocycles. The van der Waals surface area contributed by atoms with E-state index in [1.165, 1.54) is 11.2 Å². The molecule has 126 valence electrons. The minimum atomic E-state index is -2.16. The van der Waals surface area contributed by atoms with Crippen LogP contribution < -0.4 is 5.32 Å². The Hall–Kier alpha value is -3.39. The summed E-state index contributed by atoms with van der Waals surface area (Å²) in [5, 5.41) is 20.1. The number of nitrogens with zero attached hydrogens (tertiary/aromatic N) is 4. The Morgan fingerprint density at radius 1 is 1.44 bits per heavy atom. The van der Waals surface area contributed by atoms with E-state index in [0.717, 1.165) is 0 Å². The topological polar surface area (TPSA) is 106 Å². The molecule has 2 heterocycles. The Kier molecular flexibility index (Phi) is 4.36. The summed E-state index contributed by atoms with van der Waals surface area (Å²) in [4.78, 5) is 17.6. The average Bonchev–Trinajstić information content (AvgIpc) is 3.10. The number of nitrogens with one attached hydrogen (secondary N) is 1. The second kappa shape index (κ2) is 6.62. The number of alkyl halides is 1. The number of nitriles is 2. The lowest BCUT2D eigenvalue weighted by Crippen LogP contribution is -2.51. The summed E-state index contributed by atoms with van der Waals surface area (Å²) < 4.78 is 20.0. The molecule has 1 aromatic heterocycles. The summed E-state index contributed by atoms with van der Waals surface area (Å²) in [6.45, 7) is 0.154. The number of halogens is 1. The van der Waals surface area contributed by atoms with Crippen LogP contribution in [0, 0.1) is 22.8 Å². The van der Waals surface area contributed by atoms with Crippen molar-refractivity contribution in [3.63, 3.8) is 0 Å². The summed E-state index contributed by atoms with van der Waals surface area (Å²) >= 11 is 0. The Morgan fingerprint density at radius 3 is 3.04 bits per heavy atom. The van der Waals surface area contributed by atoms with Crippen molar-refractivity contribution in [2.75, 3.05) is 18.4 Å². The number of amides is 1. The van der Waals surface area contributed by atoms with Crippen LogP contribution in [-0.2, 0) is 4.79 Å². The van der Waals surface area contributed by atoms with Crippen LogP contribution in [0.4, 0.5) is 10.4 Å². The van der Waals surface area contributed by atoms with E-state index in [-0.39, 0.29) is 19.0 Å². The molecule has 1 amide bonds. The third-order valence-corrected chi connectivity index (χ3v) is 4.00. The zero-order chi connectivity index (χ0) is 17.9. The van der Waals surface area contributed by atoms with E-state index < -0.39 is 11.6 Å². The summed E-state index contributed by atoms with van der Waals surface area (Å²) in [6, 6.07) is 8.63. The fraction of sp³-hybridized carbons (Fsp3) is 0.294. The van der Waals surface area contributed by atoms with E-state index in [1.54, 1.807) is 24.3 Å². The number of benzene rings is 1. The first-order valence-electron chi connectivity index (χ1n) is 7.65. The average molecular weight is 339 g/mol.